The standard InChI is InChI=1S/C23H24N2O5S2/c1-5-29-22(27)19-16(15-8-6-7-9-17(15)30-19)12-31-23-24-20-18(13(2)14(3)32-20)21(26)25(23)10-11-28-4/h6-9H,5,10-12H2,1-4H3. The number of methoxy groups -OCH3 is 1. The maximum Gasteiger partial charge on any atom is 0.374 e. The van der Waals surface area contributed by atoms with Crippen LogP contribution in [0.3, 0.4) is 0 Å². The van der Waals surface area contributed by atoms with Crippen LogP contribution in [0.15, 0.2) is 38.6 Å². The number of carbonyl (C=O) groups excluding carboxylic acids is 1. The van der Waals surface area contributed by atoms with Crippen molar-refractivity contribution in [1.82, 2.24) is 9.55 Å². The summed E-state index contributed by atoms with van der Waals surface area (Å²) in [6.07, 6.45) is 0. The Kier molecular flexibility index (Phi) is 6.68. The van der Waals surface area contributed by atoms with E-state index in [0.717, 1.165) is 26.2 Å². The van der Waals surface area contributed by atoms with Crippen molar-refractivity contribution in [3.8, 4) is 0 Å². The fourth-order valence-corrected chi connectivity index (χ4v) is 5.66. The minimum absolute atomic E-state index is 0.0703. The molecule has 32 heavy (non-hydrogen) atoms. The maximum atomic E-state index is 13.3. The summed E-state index contributed by atoms with van der Waals surface area (Å²) >= 11 is 2.92. The first kappa shape index (κ1) is 22.6. The van der Waals surface area contributed by atoms with Crippen molar-refractivity contribution in [2.45, 2.75) is 38.2 Å². The lowest BCUT2D eigenvalue weighted by molar-refractivity contribution is 0.0491. The highest BCUT2D eigenvalue weighted by atomic mass is 32.2. The Morgan fingerprint density at radius 3 is 2.81 bits per heavy atom. The van der Waals surface area contributed by atoms with Crippen LogP contribution in [0.5, 0.6) is 0 Å². The van der Waals surface area contributed by atoms with Crippen LogP contribution in [0.1, 0.15) is 33.5 Å². The van der Waals surface area contributed by atoms with Gasteiger partial charge in [0, 0.05) is 28.7 Å². The van der Waals surface area contributed by atoms with Crippen LogP contribution < -0.4 is 5.56 Å². The molecular weight excluding hydrogens is 448 g/mol. The van der Waals surface area contributed by atoms with Gasteiger partial charge in [-0.3, -0.25) is 9.36 Å². The molecule has 3 heterocycles. The summed E-state index contributed by atoms with van der Waals surface area (Å²) in [4.78, 5) is 32.4. The zero-order valence-corrected chi connectivity index (χ0v) is 20.0. The summed E-state index contributed by atoms with van der Waals surface area (Å²) < 4.78 is 17.9. The highest BCUT2D eigenvalue weighted by molar-refractivity contribution is 7.98. The van der Waals surface area contributed by atoms with Gasteiger partial charge in [-0.1, -0.05) is 30.0 Å². The number of rotatable bonds is 8. The van der Waals surface area contributed by atoms with E-state index in [1.54, 1.807) is 18.6 Å². The smallest absolute Gasteiger partial charge is 0.374 e. The Morgan fingerprint density at radius 1 is 1.28 bits per heavy atom. The molecule has 3 aromatic heterocycles. The molecule has 0 N–H and O–H groups in total. The number of ether oxygens (including phenoxy) is 2. The molecule has 0 aliphatic carbocycles. The Morgan fingerprint density at radius 2 is 2.06 bits per heavy atom. The lowest BCUT2D eigenvalue weighted by Crippen LogP contribution is -2.25. The number of carbonyl (C=O) groups is 1. The molecule has 0 fully saturated rings. The largest absolute Gasteiger partial charge is 0.460 e. The van der Waals surface area contributed by atoms with Gasteiger partial charge in [0.25, 0.3) is 5.56 Å². The topological polar surface area (TPSA) is 83.6 Å². The van der Waals surface area contributed by atoms with Crippen molar-refractivity contribution in [3.05, 3.63) is 56.4 Å². The van der Waals surface area contributed by atoms with E-state index in [9.17, 15) is 9.59 Å². The van der Waals surface area contributed by atoms with E-state index in [1.807, 2.05) is 38.1 Å². The molecule has 1 aromatic carbocycles. The number of hydrogen-bond acceptors (Lipinski definition) is 8. The van der Waals surface area contributed by atoms with E-state index in [-0.39, 0.29) is 17.9 Å². The number of fused-ring (bicyclic) bond motifs is 2. The van der Waals surface area contributed by atoms with Crippen molar-refractivity contribution in [2.24, 2.45) is 0 Å². The number of thiophene rings is 1. The SMILES string of the molecule is CCOC(=O)c1oc2ccccc2c1CSc1nc2sc(C)c(C)c2c(=O)n1CCOC. The minimum Gasteiger partial charge on any atom is -0.460 e. The first-order chi connectivity index (χ1) is 15.5. The Hall–Kier alpha value is -2.62. The maximum absolute atomic E-state index is 13.3. The van der Waals surface area contributed by atoms with Crippen LogP contribution in [-0.4, -0.2) is 35.8 Å². The highest BCUT2D eigenvalue weighted by Gasteiger charge is 2.23. The molecule has 168 valence electrons. The summed E-state index contributed by atoms with van der Waals surface area (Å²) in [5.41, 5.74) is 2.25. The van der Waals surface area contributed by atoms with Crippen molar-refractivity contribution >= 4 is 50.3 Å². The molecule has 0 radical (unpaired) electrons. The third-order valence-corrected chi connectivity index (χ3v) is 7.38. The molecule has 4 rings (SSSR count). The van der Waals surface area contributed by atoms with Gasteiger partial charge in [0.2, 0.25) is 5.76 Å². The first-order valence-corrected chi connectivity index (χ1v) is 12.1. The molecular formula is C23H24N2O5S2. The number of furan rings is 1. The molecule has 9 heteroatoms. The van der Waals surface area contributed by atoms with E-state index in [4.69, 9.17) is 18.9 Å². The molecule has 0 bridgehead atoms. The van der Waals surface area contributed by atoms with E-state index >= 15 is 0 Å². The molecule has 7 nitrogen and oxygen atoms in total. The van der Waals surface area contributed by atoms with Crippen LogP contribution in [0, 0.1) is 13.8 Å². The molecule has 0 aliphatic rings. The van der Waals surface area contributed by atoms with Gasteiger partial charge in [0.15, 0.2) is 5.16 Å². The van der Waals surface area contributed by atoms with Gasteiger partial charge in [-0.15, -0.1) is 11.3 Å². The third kappa shape index (κ3) is 4.07. The average Bonchev–Trinajstić information content (AvgIpc) is 3.29. The lowest BCUT2D eigenvalue weighted by Gasteiger charge is -2.12. The Labute approximate surface area is 193 Å². The van der Waals surface area contributed by atoms with E-state index in [2.05, 4.69) is 0 Å². The average molecular weight is 473 g/mol. The second-order valence-corrected chi connectivity index (χ2v) is 9.37. The number of hydrogen-bond donors (Lipinski definition) is 0. The first-order valence-electron chi connectivity index (χ1n) is 10.3. The molecule has 0 unspecified atom stereocenters. The second kappa shape index (κ2) is 9.48. The number of benzene rings is 1. The normalized spacial score (nSPS) is 11.5. The minimum atomic E-state index is -0.496. The molecule has 0 spiro atoms. The van der Waals surface area contributed by atoms with Crippen LogP contribution in [0.4, 0.5) is 0 Å². The van der Waals surface area contributed by atoms with E-state index in [1.165, 1.54) is 23.1 Å². The number of thioether (sulfide) groups is 1. The van der Waals surface area contributed by atoms with Gasteiger partial charge in [-0.2, -0.15) is 0 Å². The second-order valence-electron chi connectivity index (χ2n) is 7.22. The number of aryl methyl sites for hydroxylation is 2. The summed E-state index contributed by atoms with van der Waals surface area (Å²) in [6.45, 7) is 6.75. The summed E-state index contributed by atoms with van der Waals surface area (Å²) in [6, 6.07) is 7.49. The number of aromatic nitrogens is 2. The van der Waals surface area contributed by atoms with Crippen molar-refractivity contribution in [1.29, 1.82) is 0 Å². The van der Waals surface area contributed by atoms with Gasteiger partial charge in [0.05, 0.1) is 25.1 Å². The zero-order valence-electron chi connectivity index (χ0n) is 18.4. The van der Waals surface area contributed by atoms with Gasteiger partial charge < -0.3 is 13.9 Å². The van der Waals surface area contributed by atoms with Crippen LogP contribution in [-0.2, 0) is 21.8 Å². The molecule has 0 atom stereocenters. The summed E-state index contributed by atoms with van der Waals surface area (Å²) in [5.74, 6) is 0.0959. The number of nitrogens with zero attached hydrogens (tertiary/aromatic N) is 2. The van der Waals surface area contributed by atoms with Crippen LogP contribution in [0.2, 0.25) is 0 Å². The van der Waals surface area contributed by atoms with Crippen LogP contribution >= 0.6 is 23.1 Å². The Balaban J connectivity index is 1.77. The summed E-state index contributed by atoms with van der Waals surface area (Å²) in [5, 5.41) is 2.09. The number of para-hydroxylation sites is 1. The molecule has 0 amide bonds. The van der Waals surface area contributed by atoms with E-state index < -0.39 is 5.97 Å². The Bertz CT molecular complexity index is 1350. The lowest BCUT2D eigenvalue weighted by atomic mass is 10.1. The molecule has 0 saturated heterocycles. The van der Waals surface area contributed by atoms with Gasteiger partial charge >= 0.3 is 5.97 Å². The monoisotopic (exact) mass is 472 g/mol. The quantitative estimate of drug-likeness (QED) is 0.204. The molecule has 4 aromatic rings. The van der Waals surface area contributed by atoms with E-state index in [0.29, 0.717) is 35.0 Å². The zero-order chi connectivity index (χ0) is 22.8. The highest BCUT2D eigenvalue weighted by Crippen LogP contribution is 2.33. The molecule has 0 saturated carbocycles. The molecule has 0 aliphatic heterocycles. The van der Waals surface area contributed by atoms with Gasteiger partial charge in [-0.05, 0) is 32.4 Å². The number of esters is 1. The predicted octanol–water partition coefficient (Wildman–Crippen LogP) is 4.94. The summed E-state index contributed by atoms with van der Waals surface area (Å²) in [7, 11) is 1.60. The predicted molar refractivity (Wildman–Crippen MR) is 127 cm³/mol. The van der Waals surface area contributed by atoms with Crippen molar-refractivity contribution < 1.29 is 18.7 Å². The van der Waals surface area contributed by atoms with Crippen molar-refractivity contribution in [2.75, 3.05) is 20.3 Å². The fourth-order valence-electron chi connectivity index (χ4n) is 3.54. The van der Waals surface area contributed by atoms with Gasteiger partial charge in [0.1, 0.15) is 10.4 Å². The third-order valence-electron chi connectivity index (χ3n) is 5.28. The van der Waals surface area contributed by atoms with Gasteiger partial charge in [-0.25, -0.2) is 9.78 Å². The van der Waals surface area contributed by atoms with Crippen LogP contribution in [0.25, 0.3) is 21.2 Å². The fraction of sp³-hybridized carbons (Fsp3) is 0.348. The van der Waals surface area contributed by atoms with Crippen molar-refractivity contribution in [3.63, 3.8) is 0 Å².